The minimum absolute atomic E-state index is 0.124. The molecular formula is C45H32N4O. The maximum absolute atomic E-state index is 6.76. The van der Waals surface area contributed by atoms with E-state index in [1.54, 1.807) is 0 Å². The normalized spacial score (nSPS) is 16.2. The highest BCUT2D eigenvalue weighted by atomic mass is 16.3. The third-order valence-corrected chi connectivity index (χ3v) is 9.89. The Hall–Kier alpha value is -6.43. The number of rotatable bonds is 5. The predicted molar refractivity (Wildman–Crippen MR) is 205 cm³/mol. The summed E-state index contributed by atoms with van der Waals surface area (Å²) in [6.45, 7) is 0. The Morgan fingerprint density at radius 2 is 1.16 bits per heavy atom. The van der Waals surface area contributed by atoms with Gasteiger partial charge in [0.15, 0.2) is 0 Å². The van der Waals surface area contributed by atoms with Gasteiger partial charge in [0.1, 0.15) is 29.3 Å². The average Bonchev–Trinajstić information content (AvgIpc) is 3.74. The summed E-state index contributed by atoms with van der Waals surface area (Å²) in [7, 11) is 0. The Bertz CT molecular complexity index is 2710. The lowest BCUT2D eigenvalue weighted by atomic mass is 10.0. The second-order valence-corrected chi connectivity index (χ2v) is 12.9. The molecule has 0 aliphatic carbocycles. The molecular weight excluding hydrogens is 613 g/mol. The van der Waals surface area contributed by atoms with Crippen molar-refractivity contribution >= 4 is 49.6 Å². The molecule has 5 nitrogen and oxygen atoms in total. The SMILES string of the molecule is c1ccc(C2N=C(c3cccc4c3oc3cc(-c5ccc6c7ccccc7n(-c7ccccc7)c6c5)ccc34)NC(c3ccccc3)N2)cc1. The van der Waals surface area contributed by atoms with Crippen molar-refractivity contribution in [1.82, 2.24) is 15.2 Å². The van der Waals surface area contributed by atoms with Crippen LogP contribution in [0.5, 0.6) is 0 Å². The first kappa shape index (κ1) is 28.6. The van der Waals surface area contributed by atoms with Crippen molar-refractivity contribution in [3.63, 3.8) is 0 Å². The van der Waals surface area contributed by atoms with Crippen molar-refractivity contribution in [1.29, 1.82) is 0 Å². The lowest BCUT2D eigenvalue weighted by molar-refractivity contribution is 0.409. The monoisotopic (exact) mass is 644 g/mol. The molecule has 238 valence electrons. The standard InChI is InChI=1S/C45H32N4O/c1-4-13-29(14-5-1)43-46-44(30-15-6-2-7-16-30)48-45(47-43)38-21-12-20-37-36-26-24-32(28-41(36)50-42(37)38)31-23-25-35-34-19-10-11-22-39(34)49(40(35)27-31)33-17-8-3-9-18-33/h1-28,43-44,46H,(H,47,48). The van der Waals surface area contributed by atoms with Crippen LogP contribution in [-0.4, -0.2) is 10.4 Å². The number of para-hydroxylation sites is 3. The number of aromatic nitrogens is 1. The molecule has 1 aliphatic rings. The molecule has 0 bridgehead atoms. The zero-order chi connectivity index (χ0) is 33.0. The first-order chi connectivity index (χ1) is 24.8. The van der Waals surface area contributed by atoms with Crippen molar-refractivity contribution in [2.45, 2.75) is 12.3 Å². The van der Waals surface area contributed by atoms with Crippen molar-refractivity contribution in [2.24, 2.45) is 4.99 Å². The lowest BCUT2D eigenvalue weighted by Gasteiger charge is -2.32. The van der Waals surface area contributed by atoms with Gasteiger partial charge >= 0.3 is 0 Å². The maximum Gasteiger partial charge on any atom is 0.146 e. The molecule has 10 rings (SSSR count). The third kappa shape index (κ3) is 4.71. The number of hydrogen-bond donors (Lipinski definition) is 2. The summed E-state index contributed by atoms with van der Waals surface area (Å²) in [4.78, 5) is 5.20. The van der Waals surface area contributed by atoms with E-state index in [0.29, 0.717) is 0 Å². The van der Waals surface area contributed by atoms with E-state index in [1.807, 2.05) is 12.1 Å². The quantitative estimate of drug-likeness (QED) is 0.196. The Morgan fingerprint density at radius 3 is 1.96 bits per heavy atom. The molecule has 0 spiro atoms. The second-order valence-electron chi connectivity index (χ2n) is 12.9. The van der Waals surface area contributed by atoms with E-state index in [4.69, 9.17) is 9.41 Å². The van der Waals surface area contributed by atoms with Gasteiger partial charge in [-0.25, -0.2) is 4.99 Å². The van der Waals surface area contributed by atoms with E-state index >= 15 is 0 Å². The van der Waals surface area contributed by atoms with Crippen LogP contribution in [0.2, 0.25) is 0 Å². The molecule has 0 saturated carbocycles. The van der Waals surface area contributed by atoms with Crippen molar-refractivity contribution in [3.05, 3.63) is 187 Å². The molecule has 2 atom stereocenters. The van der Waals surface area contributed by atoms with Crippen LogP contribution >= 0.6 is 0 Å². The minimum atomic E-state index is -0.217. The number of amidine groups is 1. The van der Waals surface area contributed by atoms with Crippen LogP contribution in [0.1, 0.15) is 29.0 Å². The molecule has 2 unspecified atom stereocenters. The summed E-state index contributed by atoms with van der Waals surface area (Å²) in [5, 5.41) is 12.0. The highest BCUT2D eigenvalue weighted by Crippen LogP contribution is 2.38. The Balaban J connectivity index is 1.09. The zero-order valence-corrected chi connectivity index (χ0v) is 27.1. The Labute approximate surface area is 289 Å². The van der Waals surface area contributed by atoms with Gasteiger partial charge in [0.2, 0.25) is 0 Å². The zero-order valence-electron chi connectivity index (χ0n) is 27.1. The van der Waals surface area contributed by atoms with Crippen LogP contribution in [0.15, 0.2) is 179 Å². The molecule has 5 heteroatoms. The summed E-state index contributed by atoms with van der Waals surface area (Å²) in [6.07, 6.45) is -0.341. The topological polar surface area (TPSA) is 54.5 Å². The van der Waals surface area contributed by atoms with Gasteiger partial charge in [0.25, 0.3) is 0 Å². The molecule has 0 amide bonds. The Kier molecular flexibility index (Phi) is 6.64. The molecule has 0 fully saturated rings. The number of nitrogens with one attached hydrogen (secondary N) is 2. The van der Waals surface area contributed by atoms with E-state index < -0.39 is 0 Å². The number of nitrogens with zero attached hydrogens (tertiary/aromatic N) is 2. The van der Waals surface area contributed by atoms with Crippen LogP contribution in [-0.2, 0) is 0 Å². The minimum Gasteiger partial charge on any atom is -0.455 e. The fraction of sp³-hybridized carbons (Fsp3) is 0.0444. The van der Waals surface area contributed by atoms with Gasteiger partial charge in [-0.3, -0.25) is 5.32 Å². The number of benzene rings is 7. The maximum atomic E-state index is 6.76. The molecule has 0 saturated heterocycles. The summed E-state index contributed by atoms with van der Waals surface area (Å²) in [5.41, 5.74) is 10.6. The van der Waals surface area contributed by atoms with Crippen LogP contribution in [0.25, 0.3) is 60.6 Å². The van der Waals surface area contributed by atoms with E-state index in [-0.39, 0.29) is 12.3 Å². The molecule has 50 heavy (non-hydrogen) atoms. The highest BCUT2D eigenvalue weighted by Gasteiger charge is 2.27. The van der Waals surface area contributed by atoms with Crippen molar-refractivity contribution < 1.29 is 4.42 Å². The molecule has 0 radical (unpaired) electrons. The average molecular weight is 645 g/mol. The van der Waals surface area contributed by atoms with Crippen LogP contribution in [0, 0.1) is 0 Å². The fourth-order valence-corrected chi connectivity index (χ4v) is 7.49. The van der Waals surface area contributed by atoms with Crippen molar-refractivity contribution in [2.75, 3.05) is 0 Å². The molecule has 2 aromatic heterocycles. The van der Waals surface area contributed by atoms with E-state index in [1.165, 1.54) is 21.8 Å². The van der Waals surface area contributed by atoms with Crippen molar-refractivity contribution in [3.8, 4) is 16.8 Å². The smallest absolute Gasteiger partial charge is 0.146 e. The van der Waals surface area contributed by atoms with Crippen LogP contribution in [0.3, 0.4) is 0 Å². The third-order valence-electron chi connectivity index (χ3n) is 9.89. The van der Waals surface area contributed by atoms with Gasteiger partial charge in [-0.1, -0.05) is 127 Å². The molecule has 1 aliphatic heterocycles. The lowest BCUT2D eigenvalue weighted by Crippen LogP contribution is -2.45. The summed E-state index contributed by atoms with van der Waals surface area (Å²) >= 11 is 0. The summed E-state index contributed by atoms with van der Waals surface area (Å²) < 4.78 is 9.12. The first-order valence-corrected chi connectivity index (χ1v) is 17.0. The Morgan fingerprint density at radius 1 is 0.520 bits per heavy atom. The second kappa shape index (κ2) is 11.6. The number of aliphatic imine (C=N–C) groups is 1. The molecule has 3 heterocycles. The number of fused-ring (bicyclic) bond motifs is 6. The van der Waals surface area contributed by atoms with Gasteiger partial charge in [0, 0.05) is 27.2 Å². The van der Waals surface area contributed by atoms with Gasteiger partial charge < -0.3 is 14.3 Å². The highest BCUT2D eigenvalue weighted by molar-refractivity contribution is 6.15. The molecule has 9 aromatic rings. The molecule has 7 aromatic carbocycles. The van der Waals surface area contributed by atoms with E-state index in [9.17, 15) is 0 Å². The fourth-order valence-electron chi connectivity index (χ4n) is 7.49. The van der Waals surface area contributed by atoms with E-state index in [0.717, 1.165) is 61.3 Å². The number of hydrogen-bond acceptors (Lipinski definition) is 4. The van der Waals surface area contributed by atoms with E-state index in [2.05, 4.69) is 173 Å². The van der Waals surface area contributed by atoms with Gasteiger partial charge in [0.05, 0.1) is 16.6 Å². The van der Waals surface area contributed by atoms with Crippen LogP contribution in [0.4, 0.5) is 0 Å². The first-order valence-electron chi connectivity index (χ1n) is 17.0. The summed E-state index contributed by atoms with van der Waals surface area (Å²) in [6, 6.07) is 59.7. The van der Waals surface area contributed by atoms with Gasteiger partial charge in [-0.15, -0.1) is 0 Å². The predicted octanol–water partition coefficient (Wildman–Crippen LogP) is 10.7. The van der Waals surface area contributed by atoms with Gasteiger partial charge in [-0.05, 0) is 64.7 Å². The number of furan rings is 1. The van der Waals surface area contributed by atoms with Gasteiger partial charge in [-0.2, -0.15) is 0 Å². The van der Waals surface area contributed by atoms with Crippen LogP contribution < -0.4 is 10.6 Å². The molecule has 2 N–H and O–H groups in total. The summed E-state index contributed by atoms with van der Waals surface area (Å²) in [5.74, 6) is 0.801. The largest absolute Gasteiger partial charge is 0.455 e.